The van der Waals surface area contributed by atoms with Gasteiger partial charge in [0, 0.05) is 0 Å². The Hall–Kier alpha value is 1.71. The van der Waals surface area contributed by atoms with E-state index in [0.29, 0.717) is 12.4 Å². The van der Waals surface area contributed by atoms with Gasteiger partial charge < -0.3 is 12.9 Å². The summed E-state index contributed by atoms with van der Waals surface area (Å²) < 4.78 is 36.1. The van der Waals surface area contributed by atoms with Crippen LogP contribution in [0.25, 0.3) is 0 Å². The Bertz CT molecular complexity index is 195. The second-order valence-electron chi connectivity index (χ2n) is 3.76. The van der Waals surface area contributed by atoms with Gasteiger partial charge in [0.05, 0.1) is 0 Å². The van der Waals surface area contributed by atoms with Crippen molar-refractivity contribution in [3.63, 3.8) is 0 Å². The molecule has 0 fully saturated rings. The monoisotopic (exact) mass is 324 g/mol. The zero-order valence-electron chi connectivity index (χ0n) is 10.1. The molecule has 0 aromatic carbocycles. The maximum Gasteiger partial charge on any atom is 1.00 e. The van der Waals surface area contributed by atoms with Crippen LogP contribution in [0.4, 0.5) is 12.9 Å². The van der Waals surface area contributed by atoms with Crippen molar-refractivity contribution in [1.82, 2.24) is 0 Å². The summed E-state index contributed by atoms with van der Waals surface area (Å²) in [5, 5.41) is 0. The van der Waals surface area contributed by atoms with Crippen LogP contribution in [0.1, 0.15) is 51.9 Å². The van der Waals surface area contributed by atoms with Gasteiger partial charge in [0.2, 0.25) is 0 Å². The van der Waals surface area contributed by atoms with E-state index in [4.69, 9.17) is 0 Å². The van der Waals surface area contributed by atoms with E-state index < -0.39 is 6.98 Å². The van der Waals surface area contributed by atoms with Crippen molar-refractivity contribution in [3.05, 3.63) is 10.5 Å². The third-order valence-corrected chi connectivity index (χ3v) is 2.80. The van der Waals surface area contributed by atoms with E-state index in [1.807, 2.05) is 0 Å². The Labute approximate surface area is 147 Å². The molecule has 6 heteroatoms. The van der Waals surface area contributed by atoms with Gasteiger partial charge >= 0.3 is 58.4 Å². The Balaban J connectivity index is 0. The fourth-order valence-electron chi connectivity index (χ4n) is 1.36. The van der Waals surface area contributed by atoms with E-state index in [9.17, 15) is 12.9 Å². The molecule has 0 heterocycles. The molecule has 0 nitrogen and oxygen atoms in total. The van der Waals surface area contributed by atoms with Gasteiger partial charge in [-0.05, 0) is 17.3 Å². The molecule has 0 aliphatic heterocycles. The predicted molar refractivity (Wildman–Crippen MR) is 64.1 cm³/mol. The minimum atomic E-state index is -4.79. The molecule has 16 heavy (non-hydrogen) atoms. The topological polar surface area (TPSA) is 0 Å². The molecule has 0 bridgehead atoms. The molecule has 0 aromatic rings. The largest absolute Gasteiger partial charge is 1.00 e. The molecule has 0 aliphatic carbocycles. The normalized spacial score (nSPS) is 12.4. The molecule has 0 aliphatic rings. The minimum Gasteiger partial charge on any atom is -0.445 e. The van der Waals surface area contributed by atoms with Crippen molar-refractivity contribution >= 4 is 22.9 Å². The van der Waals surface area contributed by atoms with Gasteiger partial charge in [0.1, 0.15) is 0 Å². The van der Waals surface area contributed by atoms with Gasteiger partial charge in [-0.25, -0.2) is 0 Å². The Morgan fingerprint density at radius 2 is 1.56 bits per heavy atom. The van der Waals surface area contributed by atoms with Gasteiger partial charge in [0.15, 0.2) is 0 Å². The summed E-state index contributed by atoms with van der Waals surface area (Å²) in [5.74, 6) is 0.395. The quantitative estimate of drug-likeness (QED) is 0.475. The average molecular weight is 325 g/mol. The maximum atomic E-state index is 11.9. The summed E-state index contributed by atoms with van der Waals surface area (Å²) in [6.45, 7) is -2.64. The van der Waals surface area contributed by atoms with Gasteiger partial charge in [-0.2, -0.15) is 0 Å². The summed E-state index contributed by atoms with van der Waals surface area (Å²) in [5.41, 5.74) is 0. The number of allylic oxidation sites excluding steroid dienone is 1. The van der Waals surface area contributed by atoms with Crippen molar-refractivity contribution in [2.24, 2.45) is 0 Å². The first-order valence-electron chi connectivity index (χ1n) is 5.53. The fourth-order valence-corrected chi connectivity index (χ4v) is 1.94. The first-order chi connectivity index (χ1) is 6.95. The standard InChI is InChI=1S/C10H18BBrF3.K/c1-2-3-4-5-6-7-8-10(12)9-11(13,14)15;/h9H,2-8H2,1H3;/q-1;+1. The Kier molecular flexibility index (Phi) is 14.8. The van der Waals surface area contributed by atoms with Crippen LogP contribution in [0.3, 0.4) is 0 Å². The van der Waals surface area contributed by atoms with Crippen molar-refractivity contribution in [2.75, 3.05) is 0 Å². The van der Waals surface area contributed by atoms with Crippen LogP contribution in [0, 0.1) is 0 Å². The van der Waals surface area contributed by atoms with Crippen LogP contribution >= 0.6 is 15.9 Å². The number of hydrogen-bond donors (Lipinski definition) is 0. The summed E-state index contributed by atoms with van der Waals surface area (Å²) in [6.07, 6.45) is 7.11. The third kappa shape index (κ3) is 15.7. The number of halogens is 4. The summed E-state index contributed by atoms with van der Waals surface area (Å²) >= 11 is 2.95. The molecule has 0 saturated carbocycles. The van der Waals surface area contributed by atoms with Crippen LogP contribution in [0.2, 0.25) is 0 Å². The first kappa shape index (κ1) is 20.0. The maximum absolute atomic E-state index is 11.9. The third-order valence-electron chi connectivity index (χ3n) is 2.14. The molecule has 0 radical (unpaired) electrons. The van der Waals surface area contributed by atoms with Crippen molar-refractivity contribution in [2.45, 2.75) is 51.9 Å². The fraction of sp³-hybridized carbons (Fsp3) is 0.800. The Morgan fingerprint density at radius 3 is 2.06 bits per heavy atom. The van der Waals surface area contributed by atoms with Crippen molar-refractivity contribution in [1.29, 1.82) is 0 Å². The van der Waals surface area contributed by atoms with Crippen molar-refractivity contribution in [3.8, 4) is 0 Å². The zero-order chi connectivity index (χ0) is 11.7. The van der Waals surface area contributed by atoms with Gasteiger partial charge in [-0.1, -0.05) is 55.0 Å². The van der Waals surface area contributed by atoms with Crippen LogP contribution in [-0.2, 0) is 0 Å². The molecule has 0 amide bonds. The summed E-state index contributed by atoms with van der Waals surface area (Å²) in [4.78, 5) is 0. The van der Waals surface area contributed by atoms with Crippen LogP contribution in [-0.4, -0.2) is 6.98 Å². The summed E-state index contributed by atoms with van der Waals surface area (Å²) in [7, 11) is 0. The zero-order valence-corrected chi connectivity index (χ0v) is 14.8. The van der Waals surface area contributed by atoms with E-state index in [0.717, 1.165) is 19.3 Å². The predicted octanol–water partition coefficient (Wildman–Crippen LogP) is 2.41. The SMILES string of the molecule is CCCCCCCCC(Br)=C[B-](F)(F)F.[K+]. The van der Waals surface area contributed by atoms with E-state index in [-0.39, 0.29) is 55.9 Å². The number of rotatable bonds is 8. The average Bonchev–Trinajstić information content (AvgIpc) is 2.08. The molecular weight excluding hydrogens is 307 g/mol. The second-order valence-corrected chi connectivity index (χ2v) is 4.78. The van der Waals surface area contributed by atoms with Crippen molar-refractivity contribution < 1.29 is 64.3 Å². The minimum absolute atomic E-state index is 0. The molecule has 0 saturated heterocycles. The Morgan fingerprint density at radius 1 is 1.06 bits per heavy atom. The first-order valence-corrected chi connectivity index (χ1v) is 6.32. The molecule has 0 unspecified atom stereocenters. The van der Waals surface area contributed by atoms with E-state index in [1.165, 1.54) is 19.3 Å². The number of unbranched alkanes of at least 4 members (excludes halogenated alkanes) is 5. The number of hydrogen-bond acceptors (Lipinski definition) is 0. The molecule has 0 N–H and O–H groups in total. The van der Waals surface area contributed by atoms with Crippen LogP contribution < -0.4 is 51.4 Å². The van der Waals surface area contributed by atoms with Crippen LogP contribution in [0.15, 0.2) is 10.5 Å². The molecule has 90 valence electrons. The van der Waals surface area contributed by atoms with Crippen LogP contribution in [0.5, 0.6) is 0 Å². The molecule has 0 rings (SSSR count). The summed E-state index contributed by atoms with van der Waals surface area (Å²) in [6, 6.07) is 0. The van der Waals surface area contributed by atoms with E-state index >= 15 is 0 Å². The second kappa shape index (κ2) is 11.8. The molecule has 0 atom stereocenters. The van der Waals surface area contributed by atoms with Gasteiger partial charge in [0.25, 0.3) is 0 Å². The molecule has 0 spiro atoms. The van der Waals surface area contributed by atoms with Gasteiger partial charge in [-0.3, -0.25) is 0 Å². The van der Waals surface area contributed by atoms with Gasteiger partial charge in [-0.15, -0.1) is 5.98 Å². The molecule has 0 aromatic heterocycles. The smallest absolute Gasteiger partial charge is 0.445 e. The van der Waals surface area contributed by atoms with E-state index in [2.05, 4.69) is 22.9 Å². The molecular formula is C10H18BBrF3K. The van der Waals surface area contributed by atoms with E-state index in [1.54, 1.807) is 0 Å².